The van der Waals surface area contributed by atoms with Crippen LogP contribution in [0.4, 0.5) is 0 Å². The van der Waals surface area contributed by atoms with E-state index >= 15 is 0 Å². The standard InChI is InChI=1S/C80H154N4O6S2/c1-5-9-13-17-21-25-29-31-33-35-39-43-47-51-58-78(87)74-84(75-79(88)59-52-48-44-40-36-34-32-30-26-22-18-14-10-6-2)62-55-70-91-92-71-68-82-65-63-81(64-66-82)67-69-90-80(89)60-53-54-61-83(72-76(85)56-49-45-41-37-27-23-19-15-11-7-3)73-77(86)57-50-46-42-38-28-24-20-16-12-8-4/h21-22,25-26,31-34,76-79,85-88H,5-20,23-24,27-30,35-75H2,1-4H3. The summed E-state index contributed by atoms with van der Waals surface area (Å²) in [5.41, 5.74) is 0. The smallest absolute Gasteiger partial charge is 0.305 e. The number of piperazine rings is 1. The highest BCUT2D eigenvalue weighted by Gasteiger charge is 2.20. The Bertz CT molecular complexity index is 1550. The summed E-state index contributed by atoms with van der Waals surface area (Å²) in [5, 5.41) is 44.6. The molecule has 4 unspecified atom stereocenters. The zero-order chi connectivity index (χ0) is 66.5. The van der Waals surface area contributed by atoms with Gasteiger partial charge in [0.15, 0.2) is 0 Å². The van der Waals surface area contributed by atoms with Gasteiger partial charge in [0.2, 0.25) is 0 Å². The van der Waals surface area contributed by atoms with E-state index in [0.29, 0.717) is 39.2 Å². The molecule has 0 aromatic heterocycles. The number of aliphatic hydroxyl groups is 4. The summed E-state index contributed by atoms with van der Waals surface area (Å²) >= 11 is 0. The molecule has 0 amide bonds. The number of esters is 1. The Hall–Kier alpha value is -1.19. The van der Waals surface area contributed by atoms with Gasteiger partial charge in [0, 0.05) is 83.4 Å². The molecule has 1 rings (SSSR count). The number of carbonyl (C=O) groups is 1. The van der Waals surface area contributed by atoms with Crippen molar-refractivity contribution in [2.75, 3.05) is 96.6 Å². The van der Waals surface area contributed by atoms with Crippen LogP contribution in [0.25, 0.3) is 0 Å². The van der Waals surface area contributed by atoms with Crippen LogP contribution in [0, 0.1) is 0 Å². The Morgan fingerprint density at radius 3 is 1.05 bits per heavy atom. The number of carbonyl (C=O) groups excluding carboxylic acids is 1. The summed E-state index contributed by atoms with van der Waals surface area (Å²) in [4.78, 5) is 22.5. The van der Waals surface area contributed by atoms with Gasteiger partial charge in [-0.15, -0.1) is 0 Å². The summed E-state index contributed by atoms with van der Waals surface area (Å²) in [6.07, 6.45) is 73.2. The van der Waals surface area contributed by atoms with Crippen molar-refractivity contribution < 1.29 is 30.0 Å². The summed E-state index contributed by atoms with van der Waals surface area (Å²) < 4.78 is 5.75. The molecule has 92 heavy (non-hydrogen) atoms. The predicted molar refractivity (Wildman–Crippen MR) is 407 cm³/mol. The van der Waals surface area contributed by atoms with E-state index in [1.54, 1.807) is 0 Å². The SMILES string of the molecule is CCCCCC=CCC=CCCCCCCC(O)CN(CCCSSCCN1CCN(CCOC(=O)CCCCN(CC(O)CCCCCCCCCCCC)CC(O)CCCCCCCCCCCC)CC1)CC(O)CCCCCCC=CCC=CCCCCC. The van der Waals surface area contributed by atoms with E-state index in [2.05, 4.69) is 95.9 Å². The molecule has 12 heteroatoms. The first-order valence-electron chi connectivity index (χ1n) is 39.8. The minimum atomic E-state index is -0.381. The van der Waals surface area contributed by atoms with Crippen LogP contribution < -0.4 is 0 Å². The second kappa shape index (κ2) is 71.1. The van der Waals surface area contributed by atoms with Crippen LogP contribution in [-0.2, 0) is 9.53 Å². The van der Waals surface area contributed by atoms with Gasteiger partial charge >= 0.3 is 5.97 Å². The monoisotopic (exact) mass is 1330 g/mol. The van der Waals surface area contributed by atoms with Gasteiger partial charge in [-0.2, -0.15) is 0 Å². The van der Waals surface area contributed by atoms with Crippen molar-refractivity contribution in [3.8, 4) is 0 Å². The third-order valence-electron chi connectivity index (χ3n) is 18.7. The lowest BCUT2D eigenvalue weighted by Crippen LogP contribution is -2.47. The topological polar surface area (TPSA) is 120 Å². The predicted octanol–water partition coefficient (Wildman–Crippen LogP) is 20.6. The van der Waals surface area contributed by atoms with Crippen molar-refractivity contribution in [3.05, 3.63) is 48.6 Å². The van der Waals surface area contributed by atoms with Crippen molar-refractivity contribution >= 4 is 27.6 Å². The molecule has 0 bridgehead atoms. The van der Waals surface area contributed by atoms with E-state index < -0.39 is 0 Å². The molecule has 1 heterocycles. The molecule has 4 atom stereocenters. The number of hydrogen-bond donors (Lipinski definition) is 4. The molecule has 0 spiro atoms. The van der Waals surface area contributed by atoms with Gasteiger partial charge in [0.1, 0.15) is 6.61 Å². The normalized spacial score (nSPS) is 15.1. The molecule has 0 saturated carbocycles. The lowest BCUT2D eigenvalue weighted by atomic mass is 10.0. The number of hydrogen-bond acceptors (Lipinski definition) is 12. The summed E-state index contributed by atoms with van der Waals surface area (Å²) in [6, 6.07) is 0. The lowest BCUT2D eigenvalue weighted by Gasteiger charge is -2.34. The largest absolute Gasteiger partial charge is 0.464 e. The van der Waals surface area contributed by atoms with Crippen LogP contribution in [0.15, 0.2) is 48.6 Å². The fourth-order valence-corrected chi connectivity index (χ4v) is 14.8. The van der Waals surface area contributed by atoms with Gasteiger partial charge in [0.25, 0.3) is 0 Å². The van der Waals surface area contributed by atoms with E-state index in [9.17, 15) is 25.2 Å². The Morgan fingerprint density at radius 1 is 0.370 bits per heavy atom. The van der Waals surface area contributed by atoms with Crippen LogP contribution in [-0.4, -0.2) is 167 Å². The van der Waals surface area contributed by atoms with Crippen LogP contribution in [0.2, 0.25) is 0 Å². The third-order valence-corrected chi connectivity index (χ3v) is 21.1. The van der Waals surface area contributed by atoms with E-state index in [1.165, 1.54) is 205 Å². The average molecular weight is 1330 g/mol. The number of rotatable bonds is 72. The maximum absolute atomic E-state index is 12.9. The first kappa shape index (κ1) is 88.8. The van der Waals surface area contributed by atoms with Gasteiger partial charge in [-0.3, -0.25) is 24.4 Å². The van der Waals surface area contributed by atoms with Crippen molar-refractivity contribution in [3.63, 3.8) is 0 Å². The Morgan fingerprint density at radius 2 is 0.674 bits per heavy atom. The molecule has 0 aromatic carbocycles. The zero-order valence-electron chi connectivity index (χ0n) is 61.2. The quantitative estimate of drug-likeness (QED) is 0.0201. The summed E-state index contributed by atoms with van der Waals surface area (Å²) in [7, 11) is 3.94. The van der Waals surface area contributed by atoms with E-state index in [4.69, 9.17) is 4.74 Å². The van der Waals surface area contributed by atoms with E-state index in [0.717, 1.165) is 160 Å². The highest BCUT2D eigenvalue weighted by Crippen LogP contribution is 2.23. The molecule has 1 aliphatic heterocycles. The highest BCUT2D eigenvalue weighted by atomic mass is 33.1. The maximum Gasteiger partial charge on any atom is 0.305 e. The molecule has 542 valence electrons. The maximum atomic E-state index is 12.9. The van der Waals surface area contributed by atoms with Gasteiger partial charge in [-0.25, -0.2) is 0 Å². The van der Waals surface area contributed by atoms with Crippen LogP contribution in [0.3, 0.4) is 0 Å². The second-order valence-electron chi connectivity index (χ2n) is 27.8. The Kier molecular flexibility index (Phi) is 68.6. The van der Waals surface area contributed by atoms with Crippen LogP contribution in [0.5, 0.6) is 0 Å². The first-order chi connectivity index (χ1) is 45.2. The Labute approximate surface area is 579 Å². The zero-order valence-corrected chi connectivity index (χ0v) is 62.8. The summed E-state index contributed by atoms with van der Waals surface area (Å²) in [6.45, 7) is 19.6. The summed E-state index contributed by atoms with van der Waals surface area (Å²) in [5.74, 6) is 2.05. The first-order valence-corrected chi connectivity index (χ1v) is 42.3. The third kappa shape index (κ3) is 63.5. The molecule has 1 aliphatic rings. The number of allylic oxidation sites excluding steroid dienone is 8. The number of nitrogens with zero attached hydrogens (tertiary/aromatic N) is 4. The van der Waals surface area contributed by atoms with Crippen molar-refractivity contribution in [2.24, 2.45) is 0 Å². The number of ether oxygens (including phenoxy) is 1. The molecule has 0 aliphatic carbocycles. The average Bonchev–Trinajstić information content (AvgIpc) is 3.72. The van der Waals surface area contributed by atoms with Gasteiger partial charge in [-0.1, -0.05) is 291 Å². The van der Waals surface area contributed by atoms with Crippen LogP contribution in [0.1, 0.15) is 336 Å². The van der Waals surface area contributed by atoms with Crippen molar-refractivity contribution in [1.29, 1.82) is 0 Å². The minimum Gasteiger partial charge on any atom is -0.464 e. The molecule has 1 fully saturated rings. The fraction of sp³-hybridized carbons (Fsp3) is 0.887. The van der Waals surface area contributed by atoms with E-state index in [1.807, 2.05) is 21.6 Å². The Balaban J connectivity index is 2.43. The fourth-order valence-electron chi connectivity index (χ4n) is 12.7. The van der Waals surface area contributed by atoms with Gasteiger partial charge in [-0.05, 0) is 122 Å². The molecular formula is C80H154N4O6S2. The van der Waals surface area contributed by atoms with Crippen molar-refractivity contribution in [2.45, 2.75) is 360 Å². The van der Waals surface area contributed by atoms with Gasteiger partial charge < -0.3 is 25.2 Å². The van der Waals surface area contributed by atoms with Crippen molar-refractivity contribution in [1.82, 2.24) is 19.6 Å². The molecular weight excluding hydrogens is 1180 g/mol. The highest BCUT2D eigenvalue weighted by molar-refractivity contribution is 8.76. The number of unbranched alkanes of at least 4 members (excludes halogenated alkanes) is 33. The number of aliphatic hydroxyl groups excluding tert-OH is 4. The second-order valence-corrected chi connectivity index (χ2v) is 30.5. The van der Waals surface area contributed by atoms with E-state index in [-0.39, 0.29) is 30.4 Å². The minimum absolute atomic E-state index is 0.116. The molecule has 0 radical (unpaired) electrons. The lowest BCUT2D eigenvalue weighted by molar-refractivity contribution is -0.144. The molecule has 10 nitrogen and oxygen atoms in total. The molecule has 0 aromatic rings. The van der Waals surface area contributed by atoms with Crippen LogP contribution >= 0.6 is 21.6 Å². The molecule has 4 N–H and O–H groups in total. The molecule has 1 saturated heterocycles. The van der Waals surface area contributed by atoms with Gasteiger partial charge in [0.05, 0.1) is 24.4 Å².